The Bertz CT molecular complexity index is 775. The summed E-state index contributed by atoms with van der Waals surface area (Å²) < 4.78 is 7.61. The molecule has 0 aliphatic rings. The number of aromatic carboxylic acids is 1. The van der Waals surface area contributed by atoms with Crippen LogP contribution in [0.1, 0.15) is 16.1 Å². The highest BCUT2D eigenvalue weighted by molar-refractivity contribution is 9.10. The van der Waals surface area contributed by atoms with Crippen LogP contribution in [0.5, 0.6) is 0 Å². The van der Waals surface area contributed by atoms with Gasteiger partial charge in [0.2, 0.25) is 0 Å². The maximum absolute atomic E-state index is 11.5. The van der Waals surface area contributed by atoms with Crippen molar-refractivity contribution in [3.8, 4) is 11.5 Å². The quantitative estimate of drug-likeness (QED) is 0.786. The first-order chi connectivity index (χ1) is 9.08. The van der Waals surface area contributed by atoms with Crippen molar-refractivity contribution >= 4 is 27.5 Å². The number of hydrogen-bond acceptors (Lipinski definition) is 3. The number of aromatic nitrogens is 2. The minimum absolute atomic E-state index is 0.0886. The fraction of sp³-hybridized carbons (Fsp3) is 0.0769. The van der Waals surface area contributed by atoms with Crippen LogP contribution in [0.3, 0.4) is 0 Å². The summed E-state index contributed by atoms with van der Waals surface area (Å²) in [6.45, 7) is 1.92. The van der Waals surface area contributed by atoms with Gasteiger partial charge in [0.05, 0.1) is 6.26 Å². The molecule has 1 N–H and O–H groups in total. The maximum Gasteiger partial charge on any atom is 0.355 e. The number of hydrogen-bond donors (Lipinski definition) is 1. The van der Waals surface area contributed by atoms with Gasteiger partial charge >= 0.3 is 5.97 Å². The summed E-state index contributed by atoms with van der Waals surface area (Å²) >= 11 is 3.39. The minimum Gasteiger partial charge on any atom is -0.476 e. The van der Waals surface area contributed by atoms with E-state index in [0.717, 1.165) is 10.0 Å². The van der Waals surface area contributed by atoms with E-state index in [4.69, 9.17) is 4.42 Å². The predicted molar refractivity (Wildman–Crippen MR) is 72.3 cm³/mol. The summed E-state index contributed by atoms with van der Waals surface area (Å²) in [5, 5.41) is 9.39. The first-order valence-corrected chi connectivity index (χ1v) is 6.32. The molecule has 5 nitrogen and oxygen atoms in total. The molecule has 0 saturated heterocycles. The molecule has 0 radical (unpaired) electrons. The van der Waals surface area contributed by atoms with Gasteiger partial charge in [-0.3, -0.25) is 4.40 Å². The molecular formula is C13H9BrN2O3. The number of carboxylic acids is 1. The molecule has 0 atom stereocenters. The van der Waals surface area contributed by atoms with Crippen LogP contribution < -0.4 is 0 Å². The Labute approximate surface area is 116 Å². The van der Waals surface area contributed by atoms with Crippen molar-refractivity contribution in [1.82, 2.24) is 9.38 Å². The van der Waals surface area contributed by atoms with Gasteiger partial charge in [0.15, 0.2) is 11.5 Å². The second-order valence-corrected chi connectivity index (χ2v) is 4.98. The van der Waals surface area contributed by atoms with Crippen molar-refractivity contribution in [2.75, 3.05) is 0 Å². The van der Waals surface area contributed by atoms with E-state index >= 15 is 0 Å². The zero-order valence-corrected chi connectivity index (χ0v) is 11.5. The molecule has 0 spiro atoms. The first-order valence-electron chi connectivity index (χ1n) is 5.53. The number of rotatable bonds is 2. The standard InChI is InChI=1S/C13H9BrN2O3/c1-7-5-10-15-11(9-3-2-4-19-9)12(13(17)18)16(10)6-8(7)14/h2-6H,1H3,(H,17,18). The molecule has 19 heavy (non-hydrogen) atoms. The van der Waals surface area contributed by atoms with Crippen LogP contribution in [0.4, 0.5) is 0 Å². The molecule has 3 aromatic heterocycles. The number of pyridine rings is 1. The van der Waals surface area contributed by atoms with E-state index in [1.807, 2.05) is 13.0 Å². The van der Waals surface area contributed by atoms with E-state index < -0.39 is 5.97 Å². The van der Waals surface area contributed by atoms with Gasteiger partial charge in [-0.2, -0.15) is 0 Å². The molecule has 3 aromatic rings. The second-order valence-electron chi connectivity index (χ2n) is 4.12. The lowest BCUT2D eigenvalue weighted by Crippen LogP contribution is -2.03. The molecule has 0 bridgehead atoms. The van der Waals surface area contributed by atoms with Crippen molar-refractivity contribution in [2.45, 2.75) is 6.92 Å². The molecule has 3 rings (SSSR count). The highest BCUT2D eigenvalue weighted by Gasteiger charge is 2.22. The van der Waals surface area contributed by atoms with Crippen LogP contribution in [0, 0.1) is 6.92 Å². The fourth-order valence-electron chi connectivity index (χ4n) is 1.95. The Kier molecular flexibility index (Phi) is 2.67. The van der Waals surface area contributed by atoms with Crippen LogP contribution >= 0.6 is 15.9 Å². The van der Waals surface area contributed by atoms with Crippen LogP contribution in [-0.4, -0.2) is 20.5 Å². The SMILES string of the molecule is Cc1cc2nc(-c3ccco3)c(C(=O)O)n2cc1Br. The first kappa shape index (κ1) is 12.0. The normalized spacial score (nSPS) is 11.1. The smallest absolute Gasteiger partial charge is 0.355 e. The van der Waals surface area contributed by atoms with Gasteiger partial charge in [-0.25, -0.2) is 9.78 Å². The van der Waals surface area contributed by atoms with Gasteiger partial charge in [-0.15, -0.1) is 0 Å². The molecule has 0 unspecified atom stereocenters. The summed E-state index contributed by atoms with van der Waals surface area (Å²) in [7, 11) is 0. The van der Waals surface area contributed by atoms with Crippen molar-refractivity contribution in [2.24, 2.45) is 0 Å². The molecule has 0 aliphatic carbocycles. The Hall–Kier alpha value is -2.08. The van der Waals surface area contributed by atoms with Crippen molar-refractivity contribution in [1.29, 1.82) is 0 Å². The van der Waals surface area contributed by atoms with Gasteiger partial charge in [-0.1, -0.05) is 0 Å². The number of carbonyl (C=O) groups is 1. The number of nitrogens with zero attached hydrogens (tertiary/aromatic N) is 2. The number of halogens is 1. The van der Waals surface area contributed by atoms with Crippen LogP contribution in [-0.2, 0) is 0 Å². The zero-order chi connectivity index (χ0) is 13.6. The topological polar surface area (TPSA) is 67.7 Å². The average molecular weight is 321 g/mol. The molecular weight excluding hydrogens is 312 g/mol. The predicted octanol–water partition coefficient (Wildman–Crippen LogP) is 3.36. The lowest BCUT2D eigenvalue weighted by Gasteiger charge is -2.01. The van der Waals surface area contributed by atoms with Crippen LogP contribution in [0.25, 0.3) is 17.1 Å². The second kappa shape index (κ2) is 4.24. The van der Waals surface area contributed by atoms with Crippen molar-refractivity contribution in [3.05, 3.63) is 46.4 Å². The van der Waals surface area contributed by atoms with E-state index in [1.165, 1.54) is 10.7 Å². The monoisotopic (exact) mass is 320 g/mol. The summed E-state index contributed by atoms with van der Waals surface area (Å²) in [5.74, 6) is -0.607. The molecule has 0 aliphatic heterocycles. The van der Waals surface area contributed by atoms with E-state index in [2.05, 4.69) is 20.9 Å². The van der Waals surface area contributed by atoms with Gasteiger partial charge in [0.1, 0.15) is 11.3 Å². The van der Waals surface area contributed by atoms with Crippen molar-refractivity contribution < 1.29 is 14.3 Å². The fourth-order valence-corrected chi connectivity index (χ4v) is 2.27. The third kappa shape index (κ3) is 1.84. The lowest BCUT2D eigenvalue weighted by molar-refractivity contribution is 0.0690. The maximum atomic E-state index is 11.5. The minimum atomic E-state index is -1.05. The molecule has 0 amide bonds. The summed E-state index contributed by atoms with van der Waals surface area (Å²) in [6.07, 6.45) is 3.19. The number of fused-ring (bicyclic) bond motifs is 1. The molecule has 0 fully saturated rings. The Morgan fingerprint density at radius 1 is 1.53 bits per heavy atom. The van der Waals surface area contributed by atoms with E-state index in [1.54, 1.807) is 18.3 Å². The number of furan rings is 1. The van der Waals surface area contributed by atoms with Gasteiger partial charge in [0.25, 0.3) is 0 Å². The number of aryl methyl sites for hydroxylation is 1. The Morgan fingerprint density at radius 3 is 2.95 bits per heavy atom. The van der Waals surface area contributed by atoms with Crippen molar-refractivity contribution in [3.63, 3.8) is 0 Å². The largest absolute Gasteiger partial charge is 0.476 e. The molecule has 0 aromatic carbocycles. The summed E-state index contributed by atoms with van der Waals surface area (Å²) in [4.78, 5) is 15.8. The summed E-state index contributed by atoms with van der Waals surface area (Å²) in [5.41, 5.74) is 1.98. The van der Waals surface area contributed by atoms with E-state index in [-0.39, 0.29) is 5.69 Å². The third-order valence-corrected chi connectivity index (χ3v) is 3.69. The molecule has 3 heterocycles. The van der Waals surface area contributed by atoms with Gasteiger partial charge < -0.3 is 9.52 Å². The van der Waals surface area contributed by atoms with Gasteiger partial charge in [-0.05, 0) is 46.6 Å². The highest BCUT2D eigenvalue weighted by Crippen LogP contribution is 2.27. The summed E-state index contributed by atoms with van der Waals surface area (Å²) in [6, 6.07) is 5.21. The molecule has 0 saturated carbocycles. The molecule has 96 valence electrons. The van der Waals surface area contributed by atoms with Crippen LogP contribution in [0.15, 0.2) is 39.5 Å². The Morgan fingerprint density at radius 2 is 2.32 bits per heavy atom. The number of carboxylic acid groups (broad SMARTS) is 1. The zero-order valence-electron chi connectivity index (χ0n) is 9.92. The third-order valence-electron chi connectivity index (χ3n) is 2.86. The number of imidazole rings is 1. The van der Waals surface area contributed by atoms with E-state index in [0.29, 0.717) is 17.1 Å². The average Bonchev–Trinajstić information content (AvgIpc) is 2.95. The lowest BCUT2D eigenvalue weighted by atomic mass is 10.2. The highest BCUT2D eigenvalue weighted by atomic mass is 79.9. The van der Waals surface area contributed by atoms with Crippen LogP contribution in [0.2, 0.25) is 0 Å². The van der Waals surface area contributed by atoms with E-state index in [9.17, 15) is 9.90 Å². The Balaban J connectivity index is 2.39. The van der Waals surface area contributed by atoms with Gasteiger partial charge in [0, 0.05) is 10.7 Å². The molecule has 6 heteroatoms.